The number of fused-ring (bicyclic) bond motifs is 1. The SMILES string of the molecule is COc1cc(C(=O)N2CCOCC2)cnc1Nc1cc(C2CC2)c2c(C#N)c[nH]c2n1. The van der Waals surface area contributed by atoms with Crippen molar-refractivity contribution in [1.29, 1.82) is 5.26 Å². The van der Waals surface area contributed by atoms with Crippen LogP contribution < -0.4 is 10.1 Å². The van der Waals surface area contributed by atoms with Crippen LogP contribution in [0.5, 0.6) is 5.75 Å². The Morgan fingerprint density at radius 1 is 1.35 bits per heavy atom. The van der Waals surface area contributed by atoms with Crippen molar-refractivity contribution in [1.82, 2.24) is 19.9 Å². The molecule has 3 aromatic heterocycles. The fourth-order valence-corrected chi connectivity index (χ4v) is 3.91. The molecule has 0 spiro atoms. The lowest BCUT2D eigenvalue weighted by atomic mass is 10.1. The zero-order valence-corrected chi connectivity index (χ0v) is 17.1. The summed E-state index contributed by atoms with van der Waals surface area (Å²) in [7, 11) is 1.54. The number of methoxy groups -OCH3 is 1. The van der Waals surface area contributed by atoms with Crippen LogP contribution in [-0.2, 0) is 4.74 Å². The summed E-state index contributed by atoms with van der Waals surface area (Å²) in [6.07, 6.45) is 5.45. The van der Waals surface area contributed by atoms with E-state index in [9.17, 15) is 10.1 Å². The van der Waals surface area contributed by atoms with E-state index in [1.54, 1.807) is 30.5 Å². The van der Waals surface area contributed by atoms with E-state index in [1.165, 1.54) is 0 Å². The summed E-state index contributed by atoms with van der Waals surface area (Å²) in [6.45, 7) is 2.21. The zero-order chi connectivity index (χ0) is 21.4. The Kier molecular flexibility index (Phi) is 4.92. The van der Waals surface area contributed by atoms with Crippen molar-refractivity contribution in [2.45, 2.75) is 18.8 Å². The van der Waals surface area contributed by atoms with Crippen molar-refractivity contribution >= 4 is 28.6 Å². The molecule has 2 fully saturated rings. The van der Waals surface area contributed by atoms with Crippen LogP contribution in [0.25, 0.3) is 11.0 Å². The minimum Gasteiger partial charge on any atom is -0.493 e. The second-order valence-electron chi connectivity index (χ2n) is 7.71. The normalized spacial score (nSPS) is 16.2. The van der Waals surface area contributed by atoms with Crippen molar-refractivity contribution in [2.75, 3.05) is 38.7 Å². The number of H-pyrrole nitrogens is 1. The highest BCUT2D eigenvalue weighted by atomic mass is 16.5. The number of ether oxygens (including phenoxy) is 2. The van der Waals surface area contributed by atoms with Crippen LogP contribution in [0.1, 0.15) is 40.2 Å². The Morgan fingerprint density at radius 2 is 2.16 bits per heavy atom. The van der Waals surface area contributed by atoms with E-state index in [0.717, 1.165) is 23.8 Å². The summed E-state index contributed by atoms with van der Waals surface area (Å²) in [5, 5.41) is 13.5. The van der Waals surface area contributed by atoms with Crippen LogP contribution in [0.2, 0.25) is 0 Å². The molecule has 0 unspecified atom stereocenters. The molecule has 0 atom stereocenters. The molecule has 2 aliphatic rings. The molecule has 4 heterocycles. The maximum absolute atomic E-state index is 12.8. The number of nitrogens with one attached hydrogen (secondary N) is 2. The third-order valence-corrected chi connectivity index (χ3v) is 5.67. The van der Waals surface area contributed by atoms with Gasteiger partial charge in [0.15, 0.2) is 11.6 Å². The number of nitrogens with zero attached hydrogens (tertiary/aromatic N) is 4. The van der Waals surface area contributed by atoms with Gasteiger partial charge in [-0.3, -0.25) is 4.79 Å². The van der Waals surface area contributed by atoms with E-state index in [2.05, 4.69) is 26.3 Å². The molecule has 2 N–H and O–H groups in total. The standard InChI is InChI=1S/C22H22N6O3/c1-30-17-8-14(22(29)28-4-6-31-7-5-28)11-24-20(17)26-18-9-16(13-2-3-13)19-15(10-23)12-25-21(19)27-18/h8-9,11-13H,2-7H2,1H3,(H2,24,25,26,27). The second kappa shape index (κ2) is 7.89. The topological polar surface area (TPSA) is 116 Å². The Labute approximate surface area is 179 Å². The maximum Gasteiger partial charge on any atom is 0.255 e. The molecule has 5 rings (SSSR count). The number of rotatable bonds is 5. The Hall–Kier alpha value is -3.64. The molecule has 158 valence electrons. The predicted octanol–water partition coefficient (Wildman–Crippen LogP) is 2.93. The third-order valence-electron chi connectivity index (χ3n) is 5.67. The van der Waals surface area contributed by atoms with Gasteiger partial charge in [-0.2, -0.15) is 5.26 Å². The Morgan fingerprint density at radius 3 is 2.87 bits per heavy atom. The minimum absolute atomic E-state index is 0.0911. The first-order valence-corrected chi connectivity index (χ1v) is 10.3. The molecule has 1 saturated heterocycles. The highest BCUT2D eigenvalue weighted by Crippen LogP contribution is 2.44. The molecule has 1 aliphatic heterocycles. The number of carbonyl (C=O) groups excluding carboxylic acids is 1. The Bertz CT molecular complexity index is 1190. The summed E-state index contributed by atoms with van der Waals surface area (Å²) >= 11 is 0. The summed E-state index contributed by atoms with van der Waals surface area (Å²) in [5.41, 5.74) is 2.86. The molecule has 9 nitrogen and oxygen atoms in total. The van der Waals surface area contributed by atoms with Gasteiger partial charge in [-0.05, 0) is 36.5 Å². The van der Waals surface area contributed by atoms with Crippen LogP contribution >= 0.6 is 0 Å². The quantitative estimate of drug-likeness (QED) is 0.654. The molecule has 0 radical (unpaired) electrons. The zero-order valence-electron chi connectivity index (χ0n) is 17.1. The van der Waals surface area contributed by atoms with Crippen LogP contribution in [0.4, 0.5) is 11.6 Å². The fourth-order valence-electron chi connectivity index (χ4n) is 3.91. The van der Waals surface area contributed by atoms with Gasteiger partial charge in [0.25, 0.3) is 5.91 Å². The summed E-state index contributed by atoms with van der Waals surface area (Å²) < 4.78 is 10.8. The highest BCUT2D eigenvalue weighted by molar-refractivity contribution is 5.95. The number of anilines is 2. The van der Waals surface area contributed by atoms with Crippen molar-refractivity contribution in [3.63, 3.8) is 0 Å². The number of pyridine rings is 2. The molecule has 1 amide bonds. The number of nitriles is 1. The second-order valence-corrected chi connectivity index (χ2v) is 7.71. The number of carbonyl (C=O) groups is 1. The third kappa shape index (κ3) is 3.66. The van der Waals surface area contributed by atoms with Crippen molar-refractivity contribution in [2.24, 2.45) is 0 Å². The van der Waals surface area contributed by atoms with Gasteiger partial charge in [-0.25, -0.2) is 9.97 Å². The van der Waals surface area contributed by atoms with Crippen LogP contribution in [0.3, 0.4) is 0 Å². The number of aromatic nitrogens is 3. The van der Waals surface area contributed by atoms with Gasteiger partial charge in [0, 0.05) is 30.9 Å². The van der Waals surface area contributed by atoms with Gasteiger partial charge in [-0.1, -0.05) is 0 Å². The lowest BCUT2D eigenvalue weighted by Gasteiger charge is -2.27. The lowest BCUT2D eigenvalue weighted by Crippen LogP contribution is -2.40. The molecular formula is C22H22N6O3. The monoisotopic (exact) mass is 418 g/mol. The van der Waals surface area contributed by atoms with Crippen LogP contribution in [0.15, 0.2) is 24.5 Å². The summed E-state index contributed by atoms with van der Waals surface area (Å²) in [5.74, 6) is 1.89. The molecule has 0 aromatic carbocycles. The van der Waals surface area contributed by atoms with Gasteiger partial charge in [0.2, 0.25) is 0 Å². The maximum atomic E-state index is 12.8. The lowest BCUT2D eigenvalue weighted by molar-refractivity contribution is 0.0302. The number of aromatic amines is 1. The molecule has 1 saturated carbocycles. The van der Waals surface area contributed by atoms with E-state index in [4.69, 9.17) is 9.47 Å². The van der Waals surface area contributed by atoms with Crippen molar-refractivity contribution < 1.29 is 14.3 Å². The fraction of sp³-hybridized carbons (Fsp3) is 0.364. The average molecular weight is 418 g/mol. The smallest absolute Gasteiger partial charge is 0.255 e. The van der Waals surface area contributed by atoms with Gasteiger partial charge >= 0.3 is 0 Å². The summed E-state index contributed by atoms with van der Waals surface area (Å²) in [6, 6.07) is 5.90. The molecule has 0 bridgehead atoms. The first kappa shape index (κ1) is 19.3. The molecule has 31 heavy (non-hydrogen) atoms. The van der Waals surface area contributed by atoms with E-state index >= 15 is 0 Å². The number of amides is 1. The average Bonchev–Trinajstić information content (AvgIpc) is 3.58. The number of morpholine rings is 1. The number of hydrogen-bond acceptors (Lipinski definition) is 7. The van der Waals surface area contributed by atoms with E-state index in [1.807, 2.05) is 6.07 Å². The van der Waals surface area contributed by atoms with Gasteiger partial charge in [0.1, 0.15) is 17.5 Å². The van der Waals surface area contributed by atoms with Gasteiger partial charge in [0.05, 0.1) is 31.5 Å². The highest BCUT2D eigenvalue weighted by Gasteiger charge is 2.28. The van der Waals surface area contributed by atoms with Crippen molar-refractivity contribution in [3.05, 3.63) is 41.2 Å². The van der Waals surface area contributed by atoms with E-state index in [-0.39, 0.29) is 5.91 Å². The first-order valence-electron chi connectivity index (χ1n) is 10.3. The summed E-state index contributed by atoms with van der Waals surface area (Å²) in [4.78, 5) is 26.6. The largest absolute Gasteiger partial charge is 0.493 e. The molecule has 3 aromatic rings. The first-order chi connectivity index (χ1) is 15.2. The van der Waals surface area contributed by atoms with Gasteiger partial charge in [-0.15, -0.1) is 0 Å². The van der Waals surface area contributed by atoms with Crippen molar-refractivity contribution in [3.8, 4) is 11.8 Å². The van der Waals surface area contributed by atoms with Crippen LogP contribution in [-0.4, -0.2) is 59.2 Å². The van der Waals surface area contributed by atoms with Gasteiger partial charge < -0.3 is 24.7 Å². The van der Waals surface area contributed by atoms with E-state index < -0.39 is 0 Å². The molecule has 9 heteroatoms. The molecule has 1 aliphatic carbocycles. The predicted molar refractivity (Wildman–Crippen MR) is 114 cm³/mol. The number of hydrogen-bond donors (Lipinski definition) is 2. The van der Waals surface area contributed by atoms with Crippen LogP contribution in [0, 0.1) is 11.3 Å². The Balaban J connectivity index is 1.45. The van der Waals surface area contributed by atoms with E-state index in [0.29, 0.717) is 66.4 Å². The minimum atomic E-state index is -0.0911. The molecular weight excluding hydrogens is 396 g/mol.